The van der Waals surface area contributed by atoms with Crippen LogP contribution in [0.1, 0.15) is 50.0 Å². The van der Waals surface area contributed by atoms with Crippen molar-refractivity contribution in [2.45, 2.75) is 50.5 Å². The second-order valence-corrected chi connectivity index (χ2v) is 10.7. The van der Waals surface area contributed by atoms with Crippen molar-refractivity contribution in [3.05, 3.63) is 84.6 Å². The molecule has 0 spiro atoms. The minimum absolute atomic E-state index is 0.602. The third-order valence-corrected chi connectivity index (χ3v) is 8.23. The number of piperidine rings is 1. The van der Waals surface area contributed by atoms with Gasteiger partial charge in [0.2, 0.25) is 0 Å². The maximum atomic E-state index is 5.65. The van der Waals surface area contributed by atoms with Crippen LogP contribution >= 0.6 is 12.2 Å². The number of fused-ring (bicyclic) bond motifs is 2. The summed E-state index contributed by atoms with van der Waals surface area (Å²) in [6, 6.07) is 26.1. The zero-order chi connectivity index (χ0) is 24.3. The van der Waals surface area contributed by atoms with Gasteiger partial charge in [-0.1, -0.05) is 48.9 Å². The zero-order valence-corrected chi connectivity index (χ0v) is 21.5. The molecule has 2 aliphatic heterocycles. The van der Waals surface area contributed by atoms with E-state index in [0.29, 0.717) is 11.0 Å². The van der Waals surface area contributed by atoms with Crippen molar-refractivity contribution in [3.8, 4) is 11.1 Å². The van der Waals surface area contributed by atoms with Gasteiger partial charge in [-0.15, -0.1) is 0 Å². The fourth-order valence-electron chi connectivity index (χ4n) is 6.08. The van der Waals surface area contributed by atoms with Crippen LogP contribution < -0.4 is 10.6 Å². The number of nitrogens with zero attached hydrogens (tertiary/aromatic N) is 1. The molecule has 2 saturated heterocycles. The monoisotopic (exact) mass is 494 g/mol. The molecule has 0 saturated carbocycles. The lowest BCUT2D eigenvalue weighted by molar-refractivity contribution is 0.151. The third-order valence-electron chi connectivity index (χ3n) is 8.02. The van der Waals surface area contributed by atoms with Gasteiger partial charge in [0.15, 0.2) is 5.11 Å². The van der Waals surface area contributed by atoms with Gasteiger partial charge in [0.1, 0.15) is 0 Å². The van der Waals surface area contributed by atoms with Crippen LogP contribution in [-0.4, -0.2) is 34.1 Å². The van der Waals surface area contributed by atoms with Crippen LogP contribution in [0.2, 0.25) is 0 Å². The molecule has 3 aromatic carbocycles. The van der Waals surface area contributed by atoms with E-state index in [9.17, 15) is 0 Å². The molecular formula is C31H34N4S. The SMILES string of the molecule is S=C(Nc1ccc(-c2ccccc2)cc1)Nc1ccc2[nH]cc(C3CCC4CCCCN4CC3)c2c1. The highest BCUT2D eigenvalue weighted by molar-refractivity contribution is 7.80. The molecular weight excluding hydrogens is 460 g/mol. The van der Waals surface area contributed by atoms with Gasteiger partial charge in [0.05, 0.1) is 0 Å². The molecule has 4 nitrogen and oxygen atoms in total. The first-order valence-electron chi connectivity index (χ1n) is 13.3. The van der Waals surface area contributed by atoms with Gasteiger partial charge in [-0.2, -0.15) is 0 Å². The molecule has 2 atom stereocenters. The molecule has 2 aliphatic rings. The van der Waals surface area contributed by atoms with Crippen LogP contribution in [0.5, 0.6) is 0 Å². The Bertz CT molecular complexity index is 1310. The number of nitrogens with one attached hydrogen (secondary N) is 3. The highest BCUT2D eigenvalue weighted by Crippen LogP contribution is 2.37. The quantitative estimate of drug-likeness (QED) is 0.254. The van der Waals surface area contributed by atoms with Gasteiger partial charge in [0.25, 0.3) is 0 Å². The molecule has 4 aromatic rings. The molecule has 3 heterocycles. The van der Waals surface area contributed by atoms with E-state index in [1.165, 1.54) is 79.2 Å². The molecule has 184 valence electrons. The number of anilines is 2. The van der Waals surface area contributed by atoms with E-state index in [-0.39, 0.29) is 0 Å². The van der Waals surface area contributed by atoms with Gasteiger partial charge in [0, 0.05) is 34.5 Å². The van der Waals surface area contributed by atoms with Crippen molar-refractivity contribution >= 4 is 39.6 Å². The van der Waals surface area contributed by atoms with Crippen LogP contribution in [0.15, 0.2) is 79.0 Å². The third kappa shape index (κ3) is 5.04. The molecule has 0 bridgehead atoms. The normalized spacial score (nSPS) is 20.4. The molecule has 0 amide bonds. The largest absolute Gasteiger partial charge is 0.361 e. The summed E-state index contributed by atoms with van der Waals surface area (Å²) in [5.74, 6) is 0.618. The molecule has 6 rings (SSSR count). The summed E-state index contributed by atoms with van der Waals surface area (Å²) in [6.45, 7) is 2.52. The Balaban J connectivity index is 1.13. The number of aromatic amines is 1. The van der Waals surface area contributed by atoms with Crippen molar-refractivity contribution in [1.82, 2.24) is 9.88 Å². The fraction of sp³-hybridized carbons (Fsp3) is 0.323. The highest BCUT2D eigenvalue weighted by atomic mass is 32.1. The predicted molar refractivity (Wildman–Crippen MR) is 156 cm³/mol. The highest BCUT2D eigenvalue weighted by Gasteiger charge is 2.28. The van der Waals surface area contributed by atoms with E-state index in [0.717, 1.165) is 17.4 Å². The summed E-state index contributed by atoms with van der Waals surface area (Å²) < 4.78 is 0. The number of aromatic nitrogens is 1. The molecule has 5 heteroatoms. The lowest BCUT2D eigenvalue weighted by atomic mass is 9.90. The molecule has 2 fully saturated rings. The van der Waals surface area contributed by atoms with Crippen molar-refractivity contribution in [1.29, 1.82) is 0 Å². The predicted octanol–water partition coefficient (Wildman–Crippen LogP) is 7.77. The molecule has 3 N–H and O–H groups in total. The topological polar surface area (TPSA) is 43.1 Å². The average Bonchev–Trinajstić information content (AvgIpc) is 3.21. The summed E-state index contributed by atoms with van der Waals surface area (Å²) in [4.78, 5) is 6.27. The molecule has 1 aromatic heterocycles. The number of thiocarbonyl (C=S) groups is 1. The van der Waals surface area contributed by atoms with Gasteiger partial charge in [-0.05, 0) is 110 Å². The molecule has 36 heavy (non-hydrogen) atoms. The lowest BCUT2D eigenvalue weighted by Gasteiger charge is -2.33. The Morgan fingerprint density at radius 1 is 0.778 bits per heavy atom. The van der Waals surface area contributed by atoms with Crippen molar-refractivity contribution in [2.24, 2.45) is 0 Å². The molecule has 0 aliphatic carbocycles. The Morgan fingerprint density at radius 3 is 2.42 bits per heavy atom. The maximum absolute atomic E-state index is 5.65. The van der Waals surface area contributed by atoms with E-state index >= 15 is 0 Å². The summed E-state index contributed by atoms with van der Waals surface area (Å²) in [7, 11) is 0. The van der Waals surface area contributed by atoms with Crippen LogP contribution in [0, 0.1) is 0 Å². The van der Waals surface area contributed by atoms with Crippen molar-refractivity contribution in [2.75, 3.05) is 23.7 Å². The van der Waals surface area contributed by atoms with Gasteiger partial charge < -0.3 is 20.5 Å². The Hall–Kier alpha value is -3.15. The van der Waals surface area contributed by atoms with E-state index < -0.39 is 0 Å². The minimum Gasteiger partial charge on any atom is -0.361 e. The zero-order valence-electron chi connectivity index (χ0n) is 20.7. The minimum atomic E-state index is 0.602. The van der Waals surface area contributed by atoms with E-state index in [1.54, 1.807) is 0 Å². The first-order valence-corrected chi connectivity index (χ1v) is 13.7. The van der Waals surface area contributed by atoms with Crippen molar-refractivity contribution in [3.63, 3.8) is 0 Å². The Morgan fingerprint density at radius 2 is 1.56 bits per heavy atom. The number of hydrogen-bond donors (Lipinski definition) is 3. The fourth-order valence-corrected chi connectivity index (χ4v) is 6.32. The van der Waals surface area contributed by atoms with E-state index in [2.05, 4.69) is 93.4 Å². The second-order valence-electron chi connectivity index (χ2n) is 10.3. The van der Waals surface area contributed by atoms with E-state index in [4.69, 9.17) is 12.2 Å². The standard InChI is InChI=1S/C31H34N4S/c36-31(33-25-12-9-23(10-13-25)22-6-2-1-3-7-22)34-26-14-16-30-28(20-26)29(21-32-30)24-11-15-27-8-4-5-18-35(27)19-17-24/h1-3,6-7,9-10,12-14,16,20-21,24,27,32H,4-5,8,11,15,17-19H2,(H2,33,34,36). The summed E-state index contributed by atoms with van der Waals surface area (Å²) >= 11 is 5.65. The number of hydrogen-bond acceptors (Lipinski definition) is 2. The molecule has 2 unspecified atom stereocenters. The first-order chi connectivity index (χ1) is 17.7. The second kappa shape index (κ2) is 10.5. The van der Waals surface area contributed by atoms with Gasteiger partial charge in [-0.25, -0.2) is 0 Å². The summed E-state index contributed by atoms with van der Waals surface area (Å²) in [6.07, 6.45) is 10.3. The van der Waals surface area contributed by atoms with Crippen LogP contribution in [0.4, 0.5) is 11.4 Å². The number of rotatable bonds is 4. The van der Waals surface area contributed by atoms with E-state index in [1.807, 2.05) is 6.07 Å². The smallest absolute Gasteiger partial charge is 0.175 e. The summed E-state index contributed by atoms with van der Waals surface area (Å²) in [5.41, 5.74) is 7.07. The van der Waals surface area contributed by atoms with Gasteiger partial charge >= 0.3 is 0 Å². The molecule has 0 radical (unpaired) electrons. The average molecular weight is 495 g/mol. The van der Waals surface area contributed by atoms with Crippen LogP contribution in [0.3, 0.4) is 0 Å². The maximum Gasteiger partial charge on any atom is 0.175 e. The first kappa shape index (κ1) is 23.3. The Labute approximate surface area is 219 Å². The number of H-pyrrole nitrogens is 1. The number of benzene rings is 3. The van der Waals surface area contributed by atoms with Crippen LogP contribution in [-0.2, 0) is 0 Å². The lowest BCUT2D eigenvalue weighted by Crippen LogP contribution is -2.38. The Kier molecular flexibility index (Phi) is 6.75. The van der Waals surface area contributed by atoms with Crippen molar-refractivity contribution < 1.29 is 0 Å². The van der Waals surface area contributed by atoms with Gasteiger partial charge in [-0.3, -0.25) is 0 Å². The van der Waals surface area contributed by atoms with Crippen LogP contribution in [0.25, 0.3) is 22.0 Å². The summed E-state index contributed by atoms with van der Waals surface area (Å²) in [5, 5.41) is 8.65.